The molecule has 0 bridgehead atoms. The molecule has 0 aliphatic carbocycles. The van der Waals surface area contributed by atoms with Gasteiger partial charge in [-0.3, -0.25) is 0 Å². The predicted octanol–water partition coefficient (Wildman–Crippen LogP) is 2.27. The van der Waals surface area contributed by atoms with Crippen molar-refractivity contribution < 1.29 is 10.2 Å². The Bertz CT molecular complexity index is 342. The molecule has 1 aromatic carbocycles. The molecule has 1 unspecified atom stereocenters. The Balaban J connectivity index is 2.78. The molecule has 0 heterocycles. The first-order chi connectivity index (χ1) is 6.80. The molecule has 3 nitrogen and oxygen atoms in total. The first-order valence-electron chi connectivity index (χ1n) is 5.09. The van der Waals surface area contributed by atoms with Crippen molar-refractivity contribution in [1.29, 1.82) is 0 Å². The number of aliphatic hydroxyl groups is 1. The van der Waals surface area contributed by atoms with Crippen LogP contribution in [-0.4, -0.2) is 21.9 Å². The Morgan fingerprint density at radius 2 is 1.93 bits per heavy atom. The van der Waals surface area contributed by atoms with Gasteiger partial charge in [-0.1, -0.05) is 6.07 Å². The van der Waals surface area contributed by atoms with Crippen LogP contribution in [0.5, 0.6) is 5.75 Å². The molecule has 0 spiro atoms. The van der Waals surface area contributed by atoms with Crippen LogP contribution in [0.3, 0.4) is 0 Å². The van der Waals surface area contributed by atoms with Gasteiger partial charge in [0.15, 0.2) is 0 Å². The van der Waals surface area contributed by atoms with Gasteiger partial charge in [-0.25, -0.2) is 0 Å². The number of aryl methyl sites for hydroxylation is 1. The third-order valence-corrected chi connectivity index (χ3v) is 2.65. The maximum atomic E-state index is 9.75. The first kappa shape index (κ1) is 11.9. The molecule has 0 aromatic heterocycles. The number of hydrogen-bond donors (Lipinski definition) is 3. The van der Waals surface area contributed by atoms with E-state index in [0.29, 0.717) is 0 Å². The van der Waals surface area contributed by atoms with E-state index in [1.165, 1.54) is 0 Å². The lowest BCUT2D eigenvalue weighted by molar-refractivity contribution is 0.0649. The third-order valence-electron chi connectivity index (χ3n) is 2.65. The van der Waals surface area contributed by atoms with Crippen LogP contribution in [0, 0.1) is 6.92 Å². The number of phenols is 1. The molecule has 84 valence electrons. The largest absolute Gasteiger partial charge is 0.508 e. The zero-order chi connectivity index (χ0) is 11.6. The van der Waals surface area contributed by atoms with Crippen molar-refractivity contribution in [3.05, 3.63) is 23.8 Å². The molecule has 0 radical (unpaired) electrons. The number of benzene rings is 1. The van der Waals surface area contributed by atoms with E-state index in [2.05, 4.69) is 5.32 Å². The van der Waals surface area contributed by atoms with E-state index >= 15 is 0 Å². The van der Waals surface area contributed by atoms with Gasteiger partial charge >= 0.3 is 0 Å². The lowest BCUT2D eigenvalue weighted by Gasteiger charge is -2.27. The number of aromatic hydroxyl groups is 1. The summed E-state index contributed by atoms with van der Waals surface area (Å²) >= 11 is 0. The fraction of sp³-hybridized carbons (Fsp3) is 0.500. The van der Waals surface area contributed by atoms with Gasteiger partial charge in [0, 0.05) is 11.8 Å². The van der Waals surface area contributed by atoms with Crippen LogP contribution in [0.25, 0.3) is 0 Å². The number of rotatable bonds is 3. The number of hydrogen-bond acceptors (Lipinski definition) is 3. The molecule has 0 saturated carbocycles. The Labute approximate surface area is 90.8 Å². The van der Waals surface area contributed by atoms with Gasteiger partial charge in [-0.15, -0.1) is 0 Å². The summed E-state index contributed by atoms with van der Waals surface area (Å²) in [7, 11) is 0. The summed E-state index contributed by atoms with van der Waals surface area (Å²) in [6.45, 7) is 7.24. The van der Waals surface area contributed by atoms with Crippen molar-refractivity contribution >= 4 is 5.69 Å². The summed E-state index contributed by atoms with van der Waals surface area (Å²) in [5, 5.41) is 22.4. The quantitative estimate of drug-likeness (QED) is 0.715. The minimum absolute atomic E-state index is 0.0837. The van der Waals surface area contributed by atoms with Crippen LogP contribution in [-0.2, 0) is 0 Å². The summed E-state index contributed by atoms with van der Waals surface area (Å²) in [5.74, 6) is 0.267. The molecule has 3 heteroatoms. The number of phenolic OH excluding ortho intramolecular Hbond substituents is 1. The molecule has 0 fully saturated rings. The van der Waals surface area contributed by atoms with E-state index in [1.807, 2.05) is 26.0 Å². The first-order valence-corrected chi connectivity index (χ1v) is 5.09. The van der Waals surface area contributed by atoms with Gasteiger partial charge in [0.05, 0.1) is 11.6 Å². The van der Waals surface area contributed by atoms with Crippen molar-refractivity contribution in [2.75, 3.05) is 5.32 Å². The SMILES string of the molecule is Cc1ccc(NC(C)C(C)(C)O)cc1O. The molecule has 0 aliphatic heterocycles. The summed E-state index contributed by atoms with van der Waals surface area (Å²) < 4.78 is 0. The zero-order valence-electron chi connectivity index (χ0n) is 9.70. The smallest absolute Gasteiger partial charge is 0.120 e. The van der Waals surface area contributed by atoms with E-state index in [1.54, 1.807) is 19.9 Å². The highest BCUT2D eigenvalue weighted by molar-refractivity contribution is 5.51. The van der Waals surface area contributed by atoms with Crippen LogP contribution in [0.1, 0.15) is 26.3 Å². The van der Waals surface area contributed by atoms with Gasteiger partial charge < -0.3 is 15.5 Å². The number of nitrogens with one attached hydrogen (secondary N) is 1. The van der Waals surface area contributed by atoms with E-state index < -0.39 is 5.60 Å². The van der Waals surface area contributed by atoms with Crippen LogP contribution in [0.4, 0.5) is 5.69 Å². The lowest BCUT2D eigenvalue weighted by Crippen LogP contribution is -2.39. The molecule has 3 N–H and O–H groups in total. The fourth-order valence-electron chi connectivity index (χ4n) is 1.13. The van der Waals surface area contributed by atoms with Gasteiger partial charge in [0.2, 0.25) is 0 Å². The van der Waals surface area contributed by atoms with Crippen LogP contribution in [0.2, 0.25) is 0 Å². The summed E-state index contributed by atoms with van der Waals surface area (Å²) in [4.78, 5) is 0. The highest BCUT2D eigenvalue weighted by Gasteiger charge is 2.21. The summed E-state index contributed by atoms with van der Waals surface area (Å²) in [5.41, 5.74) is 0.865. The summed E-state index contributed by atoms with van der Waals surface area (Å²) in [6.07, 6.45) is 0. The monoisotopic (exact) mass is 209 g/mol. The van der Waals surface area contributed by atoms with Crippen molar-refractivity contribution in [2.45, 2.75) is 39.3 Å². The van der Waals surface area contributed by atoms with Gasteiger partial charge in [0.1, 0.15) is 5.75 Å². The van der Waals surface area contributed by atoms with Crippen LogP contribution in [0.15, 0.2) is 18.2 Å². The van der Waals surface area contributed by atoms with Crippen LogP contribution < -0.4 is 5.32 Å². The molecular formula is C12H19NO2. The maximum Gasteiger partial charge on any atom is 0.120 e. The molecule has 0 amide bonds. The molecule has 1 rings (SSSR count). The average molecular weight is 209 g/mol. The van der Waals surface area contributed by atoms with E-state index in [4.69, 9.17) is 0 Å². The second kappa shape index (κ2) is 4.11. The van der Waals surface area contributed by atoms with Crippen molar-refractivity contribution in [3.63, 3.8) is 0 Å². The van der Waals surface area contributed by atoms with Crippen molar-refractivity contribution in [2.24, 2.45) is 0 Å². The topological polar surface area (TPSA) is 52.5 Å². The number of anilines is 1. The van der Waals surface area contributed by atoms with Gasteiger partial charge in [-0.2, -0.15) is 0 Å². The van der Waals surface area contributed by atoms with E-state index in [0.717, 1.165) is 11.3 Å². The third kappa shape index (κ3) is 3.13. The minimum atomic E-state index is -0.791. The van der Waals surface area contributed by atoms with Gasteiger partial charge in [0.25, 0.3) is 0 Å². The standard InChI is InChI=1S/C12H19NO2/c1-8-5-6-10(7-11(8)14)13-9(2)12(3,4)15/h5-7,9,13-15H,1-4H3. The fourth-order valence-corrected chi connectivity index (χ4v) is 1.13. The molecular weight excluding hydrogens is 190 g/mol. The normalized spacial score (nSPS) is 13.7. The van der Waals surface area contributed by atoms with Crippen molar-refractivity contribution in [3.8, 4) is 5.75 Å². The highest BCUT2D eigenvalue weighted by atomic mass is 16.3. The Kier molecular flexibility index (Phi) is 3.25. The van der Waals surface area contributed by atoms with Crippen molar-refractivity contribution in [1.82, 2.24) is 0 Å². The second-order valence-electron chi connectivity index (χ2n) is 4.52. The minimum Gasteiger partial charge on any atom is -0.508 e. The lowest BCUT2D eigenvalue weighted by atomic mass is 10.0. The Morgan fingerprint density at radius 3 is 2.40 bits per heavy atom. The molecule has 0 saturated heterocycles. The highest BCUT2D eigenvalue weighted by Crippen LogP contribution is 2.23. The van der Waals surface area contributed by atoms with E-state index in [-0.39, 0.29) is 11.8 Å². The average Bonchev–Trinajstić information content (AvgIpc) is 2.10. The molecule has 15 heavy (non-hydrogen) atoms. The van der Waals surface area contributed by atoms with Crippen LogP contribution >= 0.6 is 0 Å². The maximum absolute atomic E-state index is 9.75. The van der Waals surface area contributed by atoms with Gasteiger partial charge in [-0.05, 0) is 39.3 Å². The van der Waals surface area contributed by atoms with E-state index in [9.17, 15) is 10.2 Å². The summed E-state index contributed by atoms with van der Waals surface area (Å²) in [6, 6.07) is 5.31. The molecule has 1 aromatic rings. The molecule has 0 aliphatic rings. The Hall–Kier alpha value is -1.22. The predicted molar refractivity (Wildman–Crippen MR) is 62.2 cm³/mol. The molecule has 1 atom stereocenters. The second-order valence-corrected chi connectivity index (χ2v) is 4.52. The Morgan fingerprint density at radius 1 is 1.33 bits per heavy atom. The zero-order valence-corrected chi connectivity index (χ0v) is 9.70.